The van der Waals surface area contributed by atoms with Crippen LogP contribution in [-0.2, 0) is 0 Å². The van der Waals surface area contributed by atoms with Crippen LogP contribution < -0.4 is 17.2 Å². The molecule has 0 atom stereocenters. The first-order valence-corrected chi connectivity index (χ1v) is 5.12. The van der Waals surface area contributed by atoms with Gasteiger partial charge < -0.3 is 17.2 Å². The zero-order chi connectivity index (χ0) is 12.4. The van der Waals surface area contributed by atoms with E-state index in [9.17, 15) is 4.79 Å². The molecular formula is C13H13N3O. The molecule has 0 fully saturated rings. The second kappa shape index (κ2) is 4.17. The van der Waals surface area contributed by atoms with E-state index < -0.39 is 0 Å². The Morgan fingerprint density at radius 3 is 1.76 bits per heavy atom. The third-order valence-corrected chi connectivity index (χ3v) is 2.41. The number of hydrogen-bond donors (Lipinski definition) is 3. The Morgan fingerprint density at radius 1 is 0.706 bits per heavy atom. The van der Waals surface area contributed by atoms with Crippen molar-refractivity contribution in [2.45, 2.75) is 0 Å². The molecule has 2 aromatic carbocycles. The Hall–Kier alpha value is -2.49. The summed E-state index contributed by atoms with van der Waals surface area (Å²) in [7, 11) is 0. The summed E-state index contributed by atoms with van der Waals surface area (Å²) in [6, 6.07) is 11.5. The van der Waals surface area contributed by atoms with Gasteiger partial charge in [-0.3, -0.25) is 4.79 Å². The third-order valence-electron chi connectivity index (χ3n) is 2.41. The SMILES string of the molecule is Nc1ccc(C(=O)c2cc(N)cc(N)c2)cc1. The molecule has 4 heteroatoms. The molecule has 6 N–H and O–H groups in total. The maximum atomic E-state index is 12.1. The molecule has 0 spiro atoms. The third kappa shape index (κ3) is 2.36. The van der Waals surface area contributed by atoms with Crippen molar-refractivity contribution in [1.82, 2.24) is 0 Å². The molecule has 4 nitrogen and oxygen atoms in total. The number of ketones is 1. The van der Waals surface area contributed by atoms with Crippen molar-refractivity contribution in [1.29, 1.82) is 0 Å². The summed E-state index contributed by atoms with van der Waals surface area (Å²) in [5.74, 6) is -0.121. The second-order valence-corrected chi connectivity index (χ2v) is 3.84. The van der Waals surface area contributed by atoms with Gasteiger partial charge in [0.05, 0.1) is 0 Å². The Morgan fingerprint density at radius 2 is 1.24 bits per heavy atom. The molecule has 0 unspecified atom stereocenters. The molecule has 2 rings (SSSR count). The number of benzene rings is 2. The van der Waals surface area contributed by atoms with Crippen LogP contribution >= 0.6 is 0 Å². The monoisotopic (exact) mass is 227 g/mol. The number of rotatable bonds is 2. The smallest absolute Gasteiger partial charge is 0.193 e. The Labute approximate surface area is 99.0 Å². The number of nitrogens with two attached hydrogens (primary N) is 3. The van der Waals surface area contributed by atoms with Gasteiger partial charge in [-0.2, -0.15) is 0 Å². The van der Waals surface area contributed by atoms with Gasteiger partial charge in [0.2, 0.25) is 0 Å². The lowest BCUT2D eigenvalue weighted by molar-refractivity contribution is 0.103. The minimum Gasteiger partial charge on any atom is -0.399 e. The highest BCUT2D eigenvalue weighted by molar-refractivity contribution is 6.10. The molecule has 0 amide bonds. The summed E-state index contributed by atoms with van der Waals surface area (Å²) < 4.78 is 0. The summed E-state index contributed by atoms with van der Waals surface area (Å²) in [5, 5.41) is 0. The van der Waals surface area contributed by atoms with Crippen LogP contribution in [-0.4, -0.2) is 5.78 Å². The number of carbonyl (C=O) groups is 1. The highest BCUT2D eigenvalue weighted by Crippen LogP contribution is 2.17. The van der Waals surface area contributed by atoms with Crippen LogP contribution in [0, 0.1) is 0 Å². The second-order valence-electron chi connectivity index (χ2n) is 3.84. The summed E-state index contributed by atoms with van der Waals surface area (Å²) in [4.78, 5) is 12.1. The van der Waals surface area contributed by atoms with Gasteiger partial charge in [-0.15, -0.1) is 0 Å². The first-order valence-electron chi connectivity index (χ1n) is 5.12. The Kier molecular flexibility index (Phi) is 2.70. The molecule has 0 saturated carbocycles. The van der Waals surface area contributed by atoms with Crippen LogP contribution in [0.3, 0.4) is 0 Å². The van der Waals surface area contributed by atoms with Crippen molar-refractivity contribution >= 4 is 22.8 Å². The quantitative estimate of drug-likeness (QED) is 0.537. The van der Waals surface area contributed by atoms with Gasteiger partial charge in [0.15, 0.2) is 5.78 Å². The van der Waals surface area contributed by atoms with Crippen LogP contribution in [0.25, 0.3) is 0 Å². The van der Waals surface area contributed by atoms with E-state index in [1.54, 1.807) is 42.5 Å². The summed E-state index contributed by atoms with van der Waals surface area (Å²) in [5.41, 5.74) is 19.5. The van der Waals surface area contributed by atoms with E-state index in [1.165, 1.54) is 0 Å². The summed E-state index contributed by atoms with van der Waals surface area (Å²) in [6.45, 7) is 0. The molecule has 0 aliphatic rings. The maximum Gasteiger partial charge on any atom is 0.193 e. The maximum absolute atomic E-state index is 12.1. The van der Waals surface area contributed by atoms with Gasteiger partial charge in [-0.1, -0.05) is 0 Å². The van der Waals surface area contributed by atoms with Gasteiger partial charge in [0, 0.05) is 28.2 Å². The molecule has 2 aromatic rings. The predicted molar refractivity (Wildman–Crippen MR) is 69.6 cm³/mol. The van der Waals surface area contributed by atoms with E-state index in [0.717, 1.165) is 0 Å². The van der Waals surface area contributed by atoms with Crippen molar-refractivity contribution in [2.24, 2.45) is 0 Å². The molecule has 0 saturated heterocycles. The van der Waals surface area contributed by atoms with Crippen molar-refractivity contribution in [3.63, 3.8) is 0 Å². The number of anilines is 3. The molecule has 17 heavy (non-hydrogen) atoms. The highest BCUT2D eigenvalue weighted by atomic mass is 16.1. The van der Waals surface area contributed by atoms with Crippen LogP contribution in [0.4, 0.5) is 17.1 Å². The van der Waals surface area contributed by atoms with E-state index in [0.29, 0.717) is 28.2 Å². The van der Waals surface area contributed by atoms with E-state index in [2.05, 4.69) is 0 Å². The zero-order valence-electron chi connectivity index (χ0n) is 9.18. The Bertz CT molecular complexity index is 541. The van der Waals surface area contributed by atoms with Crippen molar-refractivity contribution in [3.05, 3.63) is 53.6 Å². The van der Waals surface area contributed by atoms with E-state index in [-0.39, 0.29) is 5.78 Å². The standard InChI is InChI=1S/C13H13N3O/c14-10-3-1-8(2-4-10)13(17)9-5-11(15)7-12(16)6-9/h1-7H,14-16H2. The lowest BCUT2D eigenvalue weighted by Crippen LogP contribution is -2.03. The molecular weight excluding hydrogens is 214 g/mol. The number of carbonyl (C=O) groups excluding carboxylic acids is 1. The van der Waals surface area contributed by atoms with Gasteiger partial charge in [-0.25, -0.2) is 0 Å². The number of nitrogen functional groups attached to an aromatic ring is 3. The van der Waals surface area contributed by atoms with E-state index in [4.69, 9.17) is 17.2 Å². The molecule has 86 valence electrons. The topological polar surface area (TPSA) is 95.1 Å². The summed E-state index contributed by atoms with van der Waals surface area (Å²) >= 11 is 0. The van der Waals surface area contributed by atoms with Gasteiger partial charge in [-0.05, 0) is 42.5 Å². The van der Waals surface area contributed by atoms with E-state index >= 15 is 0 Å². The molecule has 0 aromatic heterocycles. The molecule has 0 heterocycles. The van der Waals surface area contributed by atoms with Crippen LogP contribution in [0.15, 0.2) is 42.5 Å². The predicted octanol–water partition coefficient (Wildman–Crippen LogP) is 1.66. The van der Waals surface area contributed by atoms with Gasteiger partial charge in [0.25, 0.3) is 0 Å². The highest BCUT2D eigenvalue weighted by Gasteiger charge is 2.09. The van der Waals surface area contributed by atoms with Crippen LogP contribution in [0.2, 0.25) is 0 Å². The fourth-order valence-corrected chi connectivity index (χ4v) is 1.61. The minimum absolute atomic E-state index is 0.121. The van der Waals surface area contributed by atoms with Gasteiger partial charge in [0.1, 0.15) is 0 Å². The fourth-order valence-electron chi connectivity index (χ4n) is 1.61. The number of hydrogen-bond acceptors (Lipinski definition) is 4. The average molecular weight is 227 g/mol. The van der Waals surface area contributed by atoms with Crippen LogP contribution in [0.1, 0.15) is 15.9 Å². The molecule has 0 radical (unpaired) electrons. The fraction of sp³-hybridized carbons (Fsp3) is 0. The van der Waals surface area contributed by atoms with Crippen molar-refractivity contribution in [2.75, 3.05) is 17.2 Å². The zero-order valence-corrected chi connectivity index (χ0v) is 9.18. The average Bonchev–Trinajstić information content (AvgIpc) is 2.28. The molecule has 0 bridgehead atoms. The minimum atomic E-state index is -0.121. The molecule has 0 aliphatic heterocycles. The van der Waals surface area contributed by atoms with E-state index in [1.807, 2.05) is 0 Å². The molecule has 0 aliphatic carbocycles. The van der Waals surface area contributed by atoms with Crippen LogP contribution in [0.5, 0.6) is 0 Å². The Balaban J connectivity index is 2.40. The normalized spacial score (nSPS) is 10.1. The summed E-state index contributed by atoms with van der Waals surface area (Å²) in [6.07, 6.45) is 0. The first-order chi connectivity index (χ1) is 8.06. The first kappa shape index (κ1) is 11.0. The van der Waals surface area contributed by atoms with Gasteiger partial charge >= 0.3 is 0 Å². The van der Waals surface area contributed by atoms with Crippen molar-refractivity contribution in [3.8, 4) is 0 Å². The lowest BCUT2D eigenvalue weighted by atomic mass is 10.0. The largest absolute Gasteiger partial charge is 0.399 e. The van der Waals surface area contributed by atoms with Crippen molar-refractivity contribution < 1.29 is 4.79 Å². The lowest BCUT2D eigenvalue weighted by Gasteiger charge is -2.04.